The number of nitrogens with zero attached hydrogens (tertiary/aromatic N) is 1. The van der Waals surface area contributed by atoms with E-state index in [4.69, 9.17) is 12.2 Å². The van der Waals surface area contributed by atoms with Crippen LogP contribution < -0.4 is 10.7 Å². The molecule has 2 aliphatic carbocycles. The van der Waals surface area contributed by atoms with Gasteiger partial charge < -0.3 is 5.32 Å². The molecule has 0 amide bonds. The maximum absolute atomic E-state index is 5.49. The molecule has 2 saturated carbocycles. The first kappa shape index (κ1) is 12.1. The zero-order valence-electron chi connectivity index (χ0n) is 10.3. The summed E-state index contributed by atoms with van der Waals surface area (Å²) in [4.78, 5) is 0. The molecule has 6 heteroatoms. The van der Waals surface area contributed by atoms with Gasteiger partial charge in [0.1, 0.15) is 0 Å². The van der Waals surface area contributed by atoms with Crippen LogP contribution in [-0.4, -0.2) is 38.4 Å². The van der Waals surface area contributed by atoms with E-state index in [2.05, 4.69) is 39.3 Å². The van der Waals surface area contributed by atoms with E-state index >= 15 is 0 Å². The number of hydrazine groups is 1. The second kappa shape index (κ2) is 4.72. The Labute approximate surface area is 122 Å². The molecule has 4 bridgehead atoms. The highest BCUT2D eigenvalue weighted by Crippen LogP contribution is 2.45. The van der Waals surface area contributed by atoms with E-state index in [1.165, 1.54) is 37.2 Å². The highest BCUT2D eigenvalue weighted by molar-refractivity contribution is 8.07. The molecule has 2 N–H and O–H groups in total. The van der Waals surface area contributed by atoms with Crippen LogP contribution in [0.5, 0.6) is 0 Å². The lowest BCUT2D eigenvalue weighted by molar-refractivity contribution is 0.250. The number of thiocarbonyl (C=S) groups is 1. The molecule has 0 radical (unpaired) electrons. The molecule has 4 rings (SSSR count). The van der Waals surface area contributed by atoms with E-state index in [0.717, 1.165) is 16.9 Å². The fourth-order valence-corrected chi connectivity index (χ4v) is 7.26. The second-order valence-corrected chi connectivity index (χ2v) is 8.68. The fourth-order valence-electron chi connectivity index (χ4n) is 3.87. The second-order valence-electron chi connectivity index (χ2n) is 5.85. The molecule has 2 aliphatic heterocycles. The smallest absolute Gasteiger partial charge is 0.181 e. The average Bonchev–Trinajstić information content (AvgIpc) is 3.11. The van der Waals surface area contributed by atoms with Gasteiger partial charge >= 0.3 is 0 Å². The monoisotopic (exact) mass is 301 g/mol. The van der Waals surface area contributed by atoms with Crippen LogP contribution in [0, 0.1) is 11.8 Å². The van der Waals surface area contributed by atoms with Gasteiger partial charge in [-0.25, -0.2) is 0 Å². The van der Waals surface area contributed by atoms with Gasteiger partial charge in [0, 0.05) is 17.5 Å². The van der Waals surface area contributed by atoms with Crippen molar-refractivity contribution in [2.75, 3.05) is 11.5 Å². The van der Waals surface area contributed by atoms with Crippen LogP contribution in [-0.2, 0) is 0 Å². The summed E-state index contributed by atoms with van der Waals surface area (Å²) in [5.41, 5.74) is 3.44. The van der Waals surface area contributed by atoms with Crippen molar-refractivity contribution in [1.29, 1.82) is 0 Å². The van der Waals surface area contributed by atoms with Crippen molar-refractivity contribution in [2.24, 2.45) is 11.8 Å². The van der Waals surface area contributed by atoms with Crippen LogP contribution in [0.4, 0.5) is 0 Å². The Balaban J connectivity index is 1.32. The Morgan fingerprint density at radius 1 is 1.11 bits per heavy atom. The van der Waals surface area contributed by atoms with Crippen molar-refractivity contribution in [1.82, 2.24) is 15.8 Å². The third-order valence-corrected chi connectivity index (χ3v) is 7.97. The summed E-state index contributed by atoms with van der Waals surface area (Å²) in [6.07, 6.45) is 5.63. The van der Waals surface area contributed by atoms with Gasteiger partial charge in [-0.3, -0.25) is 5.43 Å². The van der Waals surface area contributed by atoms with E-state index in [9.17, 15) is 0 Å². The molecule has 2 saturated heterocycles. The highest BCUT2D eigenvalue weighted by Gasteiger charge is 2.43. The van der Waals surface area contributed by atoms with Gasteiger partial charge in [-0.05, 0) is 43.3 Å². The third-order valence-electron chi connectivity index (χ3n) is 4.77. The number of thioether (sulfide) groups is 2. The largest absolute Gasteiger partial charge is 0.359 e. The Morgan fingerprint density at radius 2 is 1.89 bits per heavy atom. The summed E-state index contributed by atoms with van der Waals surface area (Å²) < 4.78 is 0. The van der Waals surface area contributed by atoms with Gasteiger partial charge in [-0.2, -0.15) is 5.01 Å². The van der Waals surface area contributed by atoms with Crippen molar-refractivity contribution < 1.29 is 0 Å². The highest BCUT2D eigenvalue weighted by atomic mass is 32.2. The van der Waals surface area contributed by atoms with Gasteiger partial charge in [0.05, 0.1) is 10.7 Å². The number of hydrogen-bond acceptors (Lipinski definition) is 4. The minimum atomic E-state index is 0.625. The molecule has 100 valence electrons. The van der Waals surface area contributed by atoms with Crippen molar-refractivity contribution in [3.63, 3.8) is 0 Å². The van der Waals surface area contributed by atoms with Crippen LogP contribution in [0.1, 0.15) is 25.7 Å². The van der Waals surface area contributed by atoms with E-state index in [-0.39, 0.29) is 0 Å². The van der Waals surface area contributed by atoms with E-state index < -0.39 is 0 Å². The maximum Gasteiger partial charge on any atom is 0.181 e. The van der Waals surface area contributed by atoms with Crippen molar-refractivity contribution >= 4 is 40.9 Å². The van der Waals surface area contributed by atoms with Gasteiger partial charge in [0.2, 0.25) is 0 Å². The molecular formula is C12H19N3S3. The Bertz CT molecular complexity index is 344. The molecule has 4 aliphatic rings. The lowest BCUT2D eigenvalue weighted by atomic mass is 9.96. The van der Waals surface area contributed by atoms with Gasteiger partial charge in [-0.15, -0.1) is 23.5 Å². The third kappa shape index (κ3) is 2.05. The summed E-state index contributed by atoms with van der Waals surface area (Å²) in [6, 6.07) is 0.643. The van der Waals surface area contributed by atoms with Gasteiger partial charge in [-0.1, -0.05) is 6.42 Å². The Morgan fingerprint density at radius 3 is 2.44 bits per heavy atom. The number of fused-ring (bicyclic) bond motifs is 4. The predicted octanol–water partition coefficient (Wildman–Crippen LogP) is 2.00. The predicted molar refractivity (Wildman–Crippen MR) is 82.4 cm³/mol. The molecule has 5 atom stereocenters. The van der Waals surface area contributed by atoms with E-state index in [1.54, 1.807) is 0 Å². The van der Waals surface area contributed by atoms with Crippen LogP contribution in [0.15, 0.2) is 0 Å². The quantitative estimate of drug-likeness (QED) is 0.758. The molecule has 3 nitrogen and oxygen atoms in total. The average molecular weight is 302 g/mol. The topological polar surface area (TPSA) is 27.3 Å². The van der Waals surface area contributed by atoms with Crippen LogP contribution in [0.25, 0.3) is 0 Å². The number of nitrogens with one attached hydrogen (secondary N) is 2. The minimum absolute atomic E-state index is 0.625. The van der Waals surface area contributed by atoms with E-state index in [1.807, 2.05) is 0 Å². The first-order valence-electron chi connectivity index (χ1n) is 6.88. The standard InChI is InChI=1S/C12H19N3S3/c16-12(13-9-4-7-1-2-8(9)3-7)14-15-10-5-17-11(15)6-18-10/h7-11H,1-6H2,(H2,13,14,16)/t7-,8-,9-,10-,11+/m1/s1. The SMILES string of the molecule is S=C(N[C@@H]1C[C@@H]2CC[C@@H]1C2)NN1[C@@H]2CS[C@@H]1CS2. The summed E-state index contributed by atoms with van der Waals surface area (Å²) >= 11 is 9.60. The van der Waals surface area contributed by atoms with Gasteiger partial charge in [0.15, 0.2) is 5.11 Å². The summed E-state index contributed by atoms with van der Waals surface area (Å²) in [7, 11) is 0. The minimum Gasteiger partial charge on any atom is -0.359 e. The van der Waals surface area contributed by atoms with E-state index in [0.29, 0.717) is 16.8 Å². The molecule has 0 aromatic carbocycles. The number of rotatable bonds is 2. The van der Waals surface area contributed by atoms with Gasteiger partial charge in [0.25, 0.3) is 0 Å². The molecule has 0 unspecified atom stereocenters. The molecule has 2 heterocycles. The van der Waals surface area contributed by atoms with Crippen molar-refractivity contribution in [3.05, 3.63) is 0 Å². The zero-order valence-corrected chi connectivity index (χ0v) is 12.8. The van der Waals surface area contributed by atoms with Crippen LogP contribution >= 0.6 is 35.7 Å². The lowest BCUT2D eigenvalue weighted by Gasteiger charge is -2.28. The van der Waals surface area contributed by atoms with Crippen LogP contribution in [0.3, 0.4) is 0 Å². The first-order chi connectivity index (χ1) is 8.79. The first-order valence-corrected chi connectivity index (χ1v) is 9.39. The summed E-state index contributed by atoms with van der Waals surface area (Å²) in [6.45, 7) is 0. The molecule has 0 spiro atoms. The Hall–Kier alpha value is 0.350. The van der Waals surface area contributed by atoms with Crippen molar-refractivity contribution in [2.45, 2.75) is 42.5 Å². The summed E-state index contributed by atoms with van der Waals surface area (Å²) in [5, 5.41) is 8.03. The molecule has 0 aromatic heterocycles. The normalized spacial score (nSPS) is 45.7. The maximum atomic E-state index is 5.49. The molecule has 4 fully saturated rings. The molecular weight excluding hydrogens is 282 g/mol. The summed E-state index contributed by atoms with van der Waals surface area (Å²) in [5.74, 6) is 4.33. The number of hydrogen-bond donors (Lipinski definition) is 2. The Kier molecular flexibility index (Phi) is 3.18. The molecule has 0 aromatic rings. The zero-order chi connectivity index (χ0) is 12.1. The fraction of sp³-hybridized carbons (Fsp3) is 0.917. The lowest BCUT2D eigenvalue weighted by Crippen LogP contribution is -2.52. The van der Waals surface area contributed by atoms with Crippen molar-refractivity contribution in [3.8, 4) is 0 Å². The molecule has 18 heavy (non-hydrogen) atoms. The van der Waals surface area contributed by atoms with Crippen LogP contribution in [0.2, 0.25) is 0 Å².